The van der Waals surface area contributed by atoms with Crippen molar-refractivity contribution < 1.29 is 4.74 Å². The van der Waals surface area contributed by atoms with Crippen molar-refractivity contribution in [1.82, 2.24) is 9.97 Å². The van der Waals surface area contributed by atoms with Gasteiger partial charge in [0.05, 0.1) is 24.3 Å². The fourth-order valence-electron chi connectivity index (χ4n) is 2.03. The Morgan fingerprint density at radius 3 is 2.62 bits per heavy atom. The molecule has 1 aliphatic heterocycles. The lowest BCUT2D eigenvalue weighted by Crippen LogP contribution is -2.53. The SMILES string of the molecule is Cc1[nH]c(C2(CN)COC2)nc1CC(C)C. The largest absolute Gasteiger partial charge is 0.379 e. The molecule has 1 saturated heterocycles. The van der Waals surface area contributed by atoms with Crippen LogP contribution in [0.25, 0.3) is 0 Å². The van der Waals surface area contributed by atoms with Gasteiger partial charge < -0.3 is 15.5 Å². The Kier molecular flexibility index (Phi) is 3.04. The molecular formula is C12H21N3O. The molecule has 0 amide bonds. The van der Waals surface area contributed by atoms with Gasteiger partial charge in [0.1, 0.15) is 5.82 Å². The van der Waals surface area contributed by atoms with E-state index in [4.69, 9.17) is 15.5 Å². The summed E-state index contributed by atoms with van der Waals surface area (Å²) in [4.78, 5) is 8.07. The summed E-state index contributed by atoms with van der Waals surface area (Å²) in [5.74, 6) is 1.63. The van der Waals surface area contributed by atoms with Gasteiger partial charge in [-0.25, -0.2) is 4.98 Å². The third-order valence-corrected chi connectivity index (χ3v) is 3.24. The number of aryl methyl sites for hydroxylation is 1. The minimum atomic E-state index is -0.0556. The first-order valence-electron chi connectivity index (χ1n) is 5.91. The van der Waals surface area contributed by atoms with Gasteiger partial charge in [0.15, 0.2) is 0 Å². The van der Waals surface area contributed by atoms with Crippen molar-refractivity contribution in [3.8, 4) is 0 Å². The number of nitrogens with zero attached hydrogens (tertiary/aromatic N) is 1. The van der Waals surface area contributed by atoms with Crippen LogP contribution < -0.4 is 5.73 Å². The van der Waals surface area contributed by atoms with Crippen molar-refractivity contribution in [2.24, 2.45) is 11.7 Å². The molecule has 16 heavy (non-hydrogen) atoms. The average molecular weight is 223 g/mol. The van der Waals surface area contributed by atoms with Crippen LogP contribution in [0, 0.1) is 12.8 Å². The predicted octanol–water partition coefficient (Wildman–Crippen LogP) is 1.14. The number of aromatic nitrogens is 2. The predicted molar refractivity (Wildman–Crippen MR) is 63.4 cm³/mol. The van der Waals surface area contributed by atoms with Crippen molar-refractivity contribution in [2.45, 2.75) is 32.6 Å². The summed E-state index contributed by atoms with van der Waals surface area (Å²) >= 11 is 0. The number of imidazole rings is 1. The third-order valence-electron chi connectivity index (χ3n) is 3.24. The Bertz CT molecular complexity index is 361. The second-order valence-corrected chi connectivity index (χ2v) is 5.23. The summed E-state index contributed by atoms with van der Waals surface area (Å²) in [6.07, 6.45) is 1.02. The van der Waals surface area contributed by atoms with Crippen molar-refractivity contribution >= 4 is 0 Å². The van der Waals surface area contributed by atoms with E-state index in [1.165, 1.54) is 11.4 Å². The minimum absolute atomic E-state index is 0.0556. The first-order valence-corrected chi connectivity index (χ1v) is 5.91. The molecule has 1 aromatic rings. The molecule has 3 N–H and O–H groups in total. The van der Waals surface area contributed by atoms with Crippen LogP contribution in [-0.4, -0.2) is 29.7 Å². The zero-order valence-corrected chi connectivity index (χ0v) is 10.3. The summed E-state index contributed by atoms with van der Waals surface area (Å²) in [5, 5.41) is 0. The van der Waals surface area contributed by atoms with Gasteiger partial charge in [-0.15, -0.1) is 0 Å². The molecular weight excluding hydrogens is 202 g/mol. The molecule has 1 aromatic heterocycles. The first-order chi connectivity index (χ1) is 7.57. The Morgan fingerprint density at radius 1 is 1.50 bits per heavy atom. The third kappa shape index (κ3) is 1.87. The van der Waals surface area contributed by atoms with E-state index in [9.17, 15) is 0 Å². The topological polar surface area (TPSA) is 63.9 Å². The van der Waals surface area contributed by atoms with E-state index in [1.807, 2.05) is 0 Å². The fourth-order valence-corrected chi connectivity index (χ4v) is 2.03. The molecule has 0 bridgehead atoms. The smallest absolute Gasteiger partial charge is 0.118 e. The van der Waals surface area contributed by atoms with Gasteiger partial charge in [-0.2, -0.15) is 0 Å². The van der Waals surface area contributed by atoms with Crippen LogP contribution in [0.4, 0.5) is 0 Å². The Morgan fingerprint density at radius 2 is 2.19 bits per heavy atom. The van der Waals surface area contributed by atoms with Crippen LogP contribution in [0.15, 0.2) is 0 Å². The highest BCUT2D eigenvalue weighted by atomic mass is 16.5. The van der Waals surface area contributed by atoms with E-state index in [-0.39, 0.29) is 5.41 Å². The number of hydrogen-bond donors (Lipinski definition) is 2. The summed E-state index contributed by atoms with van der Waals surface area (Å²) in [7, 11) is 0. The zero-order valence-electron chi connectivity index (χ0n) is 10.3. The molecule has 0 unspecified atom stereocenters. The molecule has 0 aliphatic carbocycles. The maximum atomic E-state index is 5.82. The number of hydrogen-bond acceptors (Lipinski definition) is 3. The Labute approximate surface area is 96.6 Å². The highest BCUT2D eigenvalue weighted by Gasteiger charge is 2.42. The van der Waals surface area contributed by atoms with Crippen LogP contribution in [-0.2, 0) is 16.6 Å². The quantitative estimate of drug-likeness (QED) is 0.804. The number of nitrogens with one attached hydrogen (secondary N) is 1. The van der Waals surface area contributed by atoms with Crippen LogP contribution in [0.1, 0.15) is 31.1 Å². The molecule has 2 heterocycles. The lowest BCUT2D eigenvalue weighted by Gasteiger charge is -2.38. The Balaban J connectivity index is 2.23. The Hall–Kier alpha value is -0.870. The molecule has 2 rings (SSSR count). The fraction of sp³-hybridized carbons (Fsp3) is 0.750. The van der Waals surface area contributed by atoms with Crippen molar-refractivity contribution in [2.75, 3.05) is 19.8 Å². The first kappa shape index (κ1) is 11.6. The van der Waals surface area contributed by atoms with Gasteiger partial charge in [-0.3, -0.25) is 0 Å². The van der Waals surface area contributed by atoms with E-state index in [0.29, 0.717) is 25.7 Å². The number of ether oxygens (including phenoxy) is 1. The zero-order chi connectivity index (χ0) is 11.8. The van der Waals surface area contributed by atoms with Gasteiger partial charge in [0.25, 0.3) is 0 Å². The highest BCUT2D eigenvalue weighted by molar-refractivity contribution is 5.22. The van der Waals surface area contributed by atoms with Gasteiger partial charge >= 0.3 is 0 Å². The van der Waals surface area contributed by atoms with E-state index >= 15 is 0 Å². The van der Waals surface area contributed by atoms with Crippen molar-refractivity contribution in [1.29, 1.82) is 0 Å². The van der Waals surface area contributed by atoms with Crippen LogP contribution in [0.2, 0.25) is 0 Å². The van der Waals surface area contributed by atoms with Gasteiger partial charge in [-0.1, -0.05) is 13.8 Å². The lowest BCUT2D eigenvalue weighted by molar-refractivity contribution is -0.0590. The summed E-state index contributed by atoms with van der Waals surface area (Å²) in [5.41, 5.74) is 8.11. The van der Waals surface area contributed by atoms with Crippen LogP contribution >= 0.6 is 0 Å². The van der Waals surface area contributed by atoms with Gasteiger partial charge in [0.2, 0.25) is 0 Å². The maximum absolute atomic E-state index is 5.82. The molecule has 0 spiro atoms. The lowest BCUT2D eigenvalue weighted by atomic mass is 9.85. The van der Waals surface area contributed by atoms with Crippen LogP contribution in [0.3, 0.4) is 0 Å². The molecule has 1 fully saturated rings. The van der Waals surface area contributed by atoms with Crippen LogP contribution in [0.5, 0.6) is 0 Å². The van der Waals surface area contributed by atoms with Gasteiger partial charge in [-0.05, 0) is 19.3 Å². The van der Waals surface area contributed by atoms with E-state index in [0.717, 1.165) is 12.2 Å². The summed E-state index contributed by atoms with van der Waals surface area (Å²) in [6, 6.07) is 0. The van der Waals surface area contributed by atoms with Crippen molar-refractivity contribution in [3.05, 3.63) is 17.2 Å². The number of nitrogens with two attached hydrogens (primary N) is 1. The molecule has 90 valence electrons. The van der Waals surface area contributed by atoms with E-state index in [1.54, 1.807) is 0 Å². The molecule has 4 heteroatoms. The monoisotopic (exact) mass is 223 g/mol. The number of rotatable bonds is 4. The summed E-state index contributed by atoms with van der Waals surface area (Å²) in [6.45, 7) is 8.48. The molecule has 0 atom stereocenters. The van der Waals surface area contributed by atoms with E-state index in [2.05, 4.69) is 25.8 Å². The minimum Gasteiger partial charge on any atom is -0.379 e. The normalized spacial score (nSPS) is 18.8. The molecule has 0 radical (unpaired) electrons. The average Bonchev–Trinajstić information content (AvgIpc) is 2.46. The van der Waals surface area contributed by atoms with Gasteiger partial charge in [0, 0.05) is 12.2 Å². The van der Waals surface area contributed by atoms with E-state index < -0.39 is 0 Å². The van der Waals surface area contributed by atoms with Crippen molar-refractivity contribution in [3.63, 3.8) is 0 Å². The summed E-state index contributed by atoms with van der Waals surface area (Å²) < 4.78 is 5.27. The molecule has 4 nitrogen and oxygen atoms in total. The standard InChI is InChI=1S/C12H21N3O/c1-8(2)4-10-9(3)14-11(15-10)12(5-13)6-16-7-12/h8H,4-7,13H2,1-3H3,(H,14,15). The highest BCUT2D eigenvalue weighted by Crippen LogP contribution is 2.30. The number of aromatic amines is 1. The molecule has 0 saturated carbocycles. The second kappa shape index (κ2) is 4.18. The second-order valence-electron chi connectivity index (χ2n) is 5.23. The number of H-pyrrole nitrogens is 1. The molecule has 0 aromatic carbocycles. The maximum Gasteiger partial charge on any atom is 0.118 e. The molecule has 1 aliphatic rings.